The molecule has 21 heavy (non-hydrogen) atoms. The molecule has 0 aliphatic carbocycles. The summed E-state index contributed by atoms with van der Waals surface area (Å²) in [6, 6.07) is 5.11. The van der Waals surface area contributed by atoms with Gasteiger partial charge in [-0.1, -0.05) is 38.5 Å². The maximum absolute atomic E-state index is 12.5. The van der Waals surface area contributed by atoms with E-state index >= 15 is 0 Å². The van der Waals surface area contributed by atoms with E-state index in [9.17, 15) is 14.7 Å². The number of nitrogens with zero attached hydrogens (tertiary/aromatic N) is 1. The number of amides is 3. The van der Waals surface area contributed by atoms with Crippen molar-refractivity contribution in [1.82, 2.24) is 4.90 Å². The van der Waals surface area contributed by atoms with Crippen molar-refractivity contribution in [3.63, 3.8) is 0 Å². The number of urea groups is 1. The highest BCUT2D eigenvalue weighted by atomic mass is 16.3. The molecular weight excluding hydrogens is 270 g/mol. The topological polar surface area (TPSA) is 95.7 Å². The van der Waals surface area contributed by atoms with Crippen LogP contribution < -0.4 is 11.1 Å². The molecule has 0 saturated carbocycles. The lowest BCUT2D eigenvalue weighted by Gasteiger charge is -2.35. The average Bonchev–Trinajstić information content (AvgIpc) is 2.59. The summed E-state index contributed by atoms with van der Waals surface area (Å²) in [6.45, 7) is 3.55. The number of rotatable bonds is 3. The number of aliphatic hydroxyl groups excluding tert-OH is 1. The van der Waals surface area contributed by atoms with Crippen LogP contribution in [0.15, 0.2) is 24.3 Å². The summed E-state index contributed by atoms with van der Waals surface area (Å²) in [5.41, 5.74) is 6.80. The molecule has 6 nitrogen and oxygen atoms in total. The Labute approximate surface area is 123 Å². The Morgan fingerprint density at radius 1 is 1.48 bits per heavy atom. The smallest absolute Gasteiger partial charge is 0.316 e. The second-order valence-electron chi connectivity index (χ2n) is 5.35. The highest BCUT2D eigenvalue weighted by Crippen LogP contribution is 2.34. The van der Waals surface area contributed by atoms with E-state index in [1.54, 1.807) is 24.3 Å². The van der Waals surface area contributed by atoms with Crippen molar-refractivity contribution in [2.24, 2.45) is 11.7 Å². The number of fused-ring (bicyclic) bond motifs is 1. The Hall–Kier alpha value is -2.08. The second-order valence-corrected chi connectivity index (χ2v) is 5.35. The zero-order valence-corrected chi connectivity index (χ0v) is 12.2. The van der Waals surface area contributed by atoms with Crippen molar-refractivity contribution in [3.8, 4) is 0 Å². The quantitative estimate of drug-likeness (QED) is 0.786. The minimum absolute atomic E-state index is 0.0686. The molecule has 0 saturated heterocycles. The van der Waals surface area contributed by atoms with Gasteiger partial charge in [0.15, 0.2) is 0 Å². The first-order chi connectivity index (χ1) is 10.0. The van der Waals surface area contributed by atoms with Crippen molar-refractivity contribution < 1.29 is 14.7 Å². The van der Waals surface area contributed by atoms with E-state index in [2.05, 4.69) is 5.32 Å². The number of hydrogen-bond donors (Lipinski definition) is 3. The molecule has 4 N–H and O–H groups in total. The first-order valence-electron chi connectivity index (χ1n) is 7.09. The first-order valence-corrected chi connectivity index (χ1v) is 7.09. The standard InChI is InChI=1S/C15H21N3O3/c1-3-9(2)13-14(20)17-11-7-5-4-6-10(11)12(8-19)18(13)15(16)21/h4-7,9,12-13,19H,3,8H2,1-2H3,(H2,16,21)(H,17,20)/t9-,12?,13-/m0/s1. The monoisotopic (exact) mass is 291 g/mol. The van der Waals surface area contributed by atoms with Crippen LogP contribution in [0.25, 0.3) is 0 Å². The average molecular weight is 291 g/mol. The summed E-state index contributed by atoms with van der Waals surface area (Å²) < 4.78 is 0. The molecule has 0 bridgehead atoms. The highest BCUT2D eigenvalue weighted by molar-refractivity contribution is 5.99. The van der Waals surface area contributed by atoms with E-state index in [1.165, 1.54) is 4.90 Å². The molecule has 3 amide bonds. The molecule has 1 aliphatic heterocycles. The summed E-state index contributed by atoms with van der Waals surface area (Å²) in [5, 5.41) is 12.6. The third-order valence-corrected chi connectivity index (χ3v) is 4.09. The summed E-state index contributed by atoms with van der Waals surface area (Å²) in [5.74, 6) is -0.340. The summed E-state index contributed by atoms with van der Waals surface area (Å²) in [6.07, 6.45) is 0.719. The zero-order valence-electron chi connectivity index (χ0n) is 12.2. The summed E-state index contributed by atoms with van der Waals surface area (Å²) in [4.78, 5) is 25.7. The number of aliphatic hydroxyl groups is 1. The lowest BCUT2D eigenvalue weighted by atomic mass is 9.95. The molecule has 2 rings (SSSR count). The predicted octanol–water partition coefficient (Wildman–Crippen LogP) is 1.47. The summed E-state index contributed by atoms with van der Waals surface area (Å²) in [7, 11) is 0. The SMILES string of the molecule is CC[C@H](C)[C@H]1C(=O)Nc2ccccc2C(CO)N1C(N)=O. The molecule has 1 aromatic rings. The maximum atomic E-state index is 12.5. The fourth-order valence-corrected chi connectivity index (χ4v) is 2.81. The van der Waals surface area contributed by atoms with Crippen LogP contribution in [0.4, 0.5) is 10.5 Å². The lowest BCUT2D eigenvalue weighted by Crippen LogP contribution is -2.53. The largest absolute Gasteiger partial charge is 0.394 e. The molecule has 1 unspecified atom stereocenters. The van der Waals surface area contributed by atoms with Gasteiger partial charge in [-0.3, -0.25) is 4.79 Å². The van der Waals surface area contributed by atoms with E-state index in [4.69, 9.17) is 5.73 Å². The number of carbonyl (C=O) groups excluding carboxylic acids is 2. The number of anilines is 1. The minimum Gasteiger partial charge on any atom is -0.394 e. The molecule has 0 fully saturated rings. The Kier molecular flexibility index (Phi) is 4.47. The number of carbonyl (C=O) groups is 2. The predicted molar refractivity (Wildman–Crippen MR) is 79.6 cm³/mol. The molecule has 1 aromatic carbocycles. The normalized spacial score (nSPS) is 23.0. The number of nitrogens with one attached hydrogen (secondary N) is 1. The number of benzene rings is 1. The van der Waals surface area contributed by atoms with Crippen molar-refractivity contribution in [3.05, 3.63) is 29.8 Å². The van der Waals surface area contributed by atoms with Gasteiger partial charge in [0.1, 0.15) is 6.04 Å². The van der Waals surface area contributed by atoms with Crippen molar-refractivity contribution in [2.75, 3.05) is 11.9 Å². The van der Waals surface area contributed by atoms with Gasteiger partial charge in [-0.05, 0) is 12.0 Å². The Morgan fingerprint density at radius 2 is 2.14 bits per heavy atom. The molecule has 1 aliphatic rings. The number of nitrogens with two attached hydrogens (primary N) is 1. The van der Waals surface area contributed by atoms with Gasteiger partial charge in [-0.2, -0.15) is 0 Å². The van der Waals surface area contributed by atoms with Crippen LogP contribution >= 0.6 is 0 Å². The van der Waals surface area contributed by atoms with Gasteiger partial charge in [0.25, 0.3) is 0 Å². The van der Waals surface area contributed by atoms with E-state index in [-0.39, 0.29) is 18.4 Å². The zero-order chi connectivity index (χ0) is 15.6. The van der Waals surface area contributed by atoms with Gasteiger partial charge in [-0.25, -0.2) is 4.79 Å². The first kappa shape index (κ1) is 15.3. The lowest BCUT2D eigenvalue weighted by molar-refractivity contribution is -0.122. The molecule has 3 atom stereocenters. The van der Waals surface area contributed by atoms with E-state index in [1.807, 2.05) is 13.8 Å². The fourth-order valence-electron chi connectivity index (χ4n) is 2.81. The van der Waals surface area contributed by atoms with Gasteiger partial charge < -0.3 is 21.1 Å². The van der Waals surface area contributed by atoms with Crippen LogP contribution in [0.1, 0.15) is 31.9 Å². The van der Waals surface area contributed by atoms with E-state index in [0.29, 0.717) is 11.3 Å². The van der Waals surface area contributed by atoms with Gasteiger partial charge in [0.2, 0.25) is 5.91 Å². The molecule has 1 heterocycles. The molecule has 6 heteroatoms. The van der Waals surface area contributed by atoms with Crippen LogP contribution in [0.2, 0.25) is 0 Å². The fraction of sp³-hybridized carbons (Fsp3) is 0.467. The molecule has 0 spiro atoms. The maximum Gasteiger partial charge on any atom is 0.316 e. The number of para-hydroxylation sites is 1. The Morgan fingerprint density at radius 3 is 2.71 bits per heavy atom. The van der Waals surface area contributed by atoms with Crippen LogP contribution in [-0.2, 0) is 4.79 Å². The second kappa shape index (κ2) is 6.13. The van der Waals surface area contributed by atoms with Crippen LogP contribution in [0, 0.1) is 5.92 Å². The number of primary amides is 1. The minimum atomic E-state index is -0.703. The highest BCUT2D eigenvalue weighted by Gasteiger charge is 2.40. The summed E-state index contributed by atoms with van der Waals surface area (Å²) >= 11 is 0. The van der Waals surface area contributed by atoms with Crippen LogP contribution in [0.5, 0.6) is 0 Å². The van der Waals surface area contributed by atoms with Gasteiger partial charge in [0, 0.05) is 11.3 Å². The van der Waals surface area contributed by atoms with Crippen LogP contribution in [0.3, 0.4) is 0 Å². The third-order valence-electron chi connectivity index (χ3n) is 4.09. The Bertz CT molecular complexity index is 547. The van der Waals surface area contributed by atoms with Crippen molar-refractivity contribution >= 4 is 17.6 Å². The molecule has 0 radical (unpaired) electrons. The number of hydrogen-bond acceptors (Lipinski definition) is 3. The van der Waals surface area contributed by atoms with E-state index in [0.717, 1.165) is 6.42 Å². The van der Waals surface area contributed by atoms with Crippen LogP contribution in [-0.4, -0.2) is 34.6 Å². The van der Waals surface area contributed by atoms with Crippen molar-refractivity contribution in [1.29, 1.82) is 0 Å². The molecular formula is C15H21N3O3. The van der Waals surface area contributed by atoms with Gasteiger partial charge in [0.05, 0.1) is 12.6 Å². The molecule has 0 aromatic heterocycles. The third kappa shape index (κ3) is 2.71. The van der Waals surface area contributed by atoms with Gasteiger partial charge >= 0.3 is 6.03 Å². The molecule has 114 valence electrons. The van der Waals surface area contributed by atoms with Crippen molar-refractivity contribution in [2.45, 2.75) is 32.4 Å². The van der Waals surface area contributed by atoms with E-state index < -0.39 is 18.1 Å². The van der Waals surface area contributed by atoms with Gasteiger partial charge in [-0.15, -0.1) is 0 Å². The Balaban J connectivity index is 2.57.